The van der Waals surface area contributed by atoms with Crippen LogP contribution < -0.4 is 9.47 Å². The third-order valence-electron chi connectivity index (χ3n) is 5.72. The first-order valence-electron chi connectivity index (χ1n) is 10.4. The van der Waals surface area contributed by atoms with Gasteiger partial charge in [-0.2, -0.15) is 0 Å². The predicted octanol–water partition coefficient (Wildman–Crippen LogP) is 3.52. The van der Waals surface area contributed by atoms with Crippen molar-refractivity contribution in [2.24, 2.45) is 4.99 Å². The molecule has 2 aromatic rings. The summed E-state index contributed by atoms with van der Waals surface area (Å²) in [6.07, 6.45) is 0.890. The highest BCUT2D eigenvalue weighted by Gasteiger charge is 2.35. The van der Waals surface area contributed by atoms with Gasteiger partial charge in [0.25, 0.3) is 5.91 Å². The van der Waals surface area contributed by atoms with Crippen molar-refractivity contribution in [2.45, 2.75) is 25.3 Å². The van der Waals surface area contributed by atoms with E-state index in [1.807, 2.05) is 37.3 Å². The number of hydrogen-bond acceptors (Lipinski definition) is 5. The molecule has 6 heteroatoms. The number of methoxy groups -OCH3 is 1. The minimum absolute atomic E-state index is 0.0138. The summed E-state index contributed by atoms with van der Waals surface area (Å²) in [5.74, 6) is 1.63. The average Bonchev–Trinajstić information content (AvgIpc) is 2.78. The smallest absolute Gasteiger partial charge is 0.253 e. The molecule has 1 fully saturated rings. The third-order valence-corrected chi connectivity index (χ3v) is 5.72. The van der Waals surface area contributed by atoms with Gasteiger partial charge in [0.1, 0.15) is 0 Å². The molecule has 0 unspecified atom stereocenters. The molecule has 0 spiro atoms. The van der Waals surface area contributed by atoms with E-state index in [0.29, 0.717) is 24.5 Å². The molecule has 6 nitrogen and oxygen atoms in total. The molecule has 30 heavy (non-hydrogen) atoms. The molecule has 2 aromatic carbocycles. The summed E-state index contributed by atoms with van der Waals surface area (Å²) in [5, 5.41) is 0. The number of ether oxygens (including phenoxy) is 3. The van der Waals surface area contributed by atoms with Gasteiger partial charge in [-0.15, -0.1) is 0 Å². The molecular formula is C24H28N2O4. The molecule has 0 N–H and O–H groups in total. The maximum Gasteiger partial charge on any atom is 0.253 e. The van der Waals surface area contributed by atoms with Gasteiger partial charge in [-0.05, 0) is 43.2 Å². The second-order valence-electron chi connectivity index (χ2n) is 7.82. The number of benzene rings is 2. The molecule has 2 atom stereocenters. The second kappa shape index (κ2) is 8.48. The first kappa shape index (κ1) is 20.4. The quantitative estimate of drug-likeness (QED) is 0.760. The van der Waals surface area contributed by atoms with Gasteiger partial charge in [-0.3, -0.25) is 9.79 Å². The lowest BCUT2D eigenvalue weighted by Gasteiger charge is -2.35. The fourth-order valence-corrected chi connectivity index (χ4v) is 4.19. The van der Waals surface area contributed by atoms with Gasteiger partial charge in [0.15, 0.2) is 11.5 Å². The Morgan fingerprint density at radius 3 is 2.63 bits per heavy atom. The van der Waals surface area contributed by atoms with E-state index in [2.05, 4.69) is 6.07 Å². The van der Waals surface area contributed by atoms with Crippen LogP contribution >= 0.6 is 0 Å². The molecule has 0 bridgehead atoms. The summed E-state index contributed by atoms with van der Waals surface area (Å²) in [7, 11) is 5.16. The molecule has 0 saturated carbocycles. The van der Waals surface area contributed by atoms with E-state index >= 15 is 0 Å². The molecule has 158 valence electrons. The minimum Gasteiger partial charge on any atom is -0.493 e. The van der Waals surface area contributed by atoms with Crippen LogP contribution in [-0.2, 0) is 4.74 Å². The van der Waals surface area contributed by atoms with Crippen LogP contribution in [-0.4, -0.2) is 63.6 Å². The number of fused-ring (bicyclic) bond motifs is 3. The Kier molecular flexibility index (Phi) is 5.77. The zero-order valence-corrected chi connectivity index (χ0v) is 18.0. The molecule has 4 rings (SSSR count). The van der Waals surface area contributed by atoms with Crippen molar-refractivity contribution in [1.82, 2.24) is 4.90 Å². The van der Waals surface area contributed by atoms with Gasteiger partial charge in [0, 0.05) is 43.3 Å². The molecule has 0 aliphatic carbocycles. The number of amides is 1. The molecule has 2 aliphatic heterocycles. The molecule has 0 radical (unpaired) electrons. The lowest BCUT2D eigenvalue weighted by atomic mass is 9.80. The summed E-state index contributed by atoms with van der Waals surface area (Å²) in [4.78, 5) is 19.0. The van der Waals surface area contributed by atoms with Crippen LogP contribution in [0.25, 0.3) is 0 Å². The third kappa shape index (κ3) is 3.67. The Balaban J connectivity index is 1.80. The second-order valence-corrected chi connectivity index (χ2v) is 7.82. The number of hydrogen-bond donors (Lipinski definition) is 0. The van der Waals surface area contributed by atoms with Crippen LogP contribution in [0.3, 0.4) is 0 Å². The highest BCUT2D eigenvalue weighted by atomic mass is 16.5. The zero-order valence-electron chi connectivity index (χ0n) is 18.0. The number of aliphatic imine (C=N–C) groups is 1. The highest BCUT2D eigenvalue weighted by Crippen LogP contribution is 2.42. The Morgan fingerprint density at radius 2 is 1.97 bits per heavy atom. The van der Waals surface area contributed by atoms with Crippen molar-refractivity contribution in [3.8, 4) is 11.5 Å². The van der Waals surface area contributed by atoms with Gasteiger partial charge in [0.05, 0.1) is 32.1 Å². The average molecular weight is 408 g/mol. The summed E-state index contributed by atoms with van der Waals surface area (Å²) in [5.41, 5.74) is 4.80. The van der Waals surface area contributed by atoms with Gasteiger partial charge in [-0.25, -0.2) is 0 Å². The molecular weight excluding hydrogens is 380 g/mol. The van der Waals surface area contributed by atoms with Crippen molar-refractivity contribution in [3.05, 3.63) is 58.7 Å². The van der Waals surface area contributed by atoms with Crippen LogP contribution in [0.5, 0.6) is 11.5 Å². The topological polar surface area (TPSA) is 60.4 Å². The fourth-order valence-electron chi connectivity index (χ4n) is 4.19. The van der Waals surface area contributed by atoms with Crippen molar-refractivity contribution < 1.29 is 19.0 Å². The Bertz CT molecular complexity index is 966. The number of carbonyl (C=O) groups excluding carboxylic acids is 1. The van der Waals surface area contributed by atoms with Gasteiger partial charge < -0.3 is 19.1 Å². The minimum atomic E-state index is -0.0138. The summed E-state index contributed by atoms with van der Waals surface area (Å²) >= 11 is 0. The lowest BCUT2D eigenvalue weighted by Crippen LogP contribution is -2.34. The molecule has 1 saturated heterocycles. The van der Waals surface area contributed by atoms with Gasteiger partial charge in [0.2, 0.25) is 0 Å². The van der Waals surface area contributed by atoms with Crippen molar-refractivity contribution in [3.63, 3.8) is 0 Å². The lowest BCUT2D eigenvalue weighted by molar-refractivity contribution is 0.0687. The van der Waals surface area contributed by atoms with Crippen LogP contribution in [0.4, 0.5) is 0 Å². The Labute approximate surface area is 177 Å². The predicted molar refractivity (Wildman–Crippen MR) is 116 cm³/mol. The number of nitrogens with zero attached hydrogens (tertiary/aromatic N) is 2. The van der Waals surface area contributed by atoms with Crippen molar-refractivity contribution in [2.75, 3.05) is 41.0 Å². The van der Waals surface area contributed by atoms with E-state index in [1.54, 1.807) is 26.1 Å². The van der Waals surface area contributed by atoms with Gasteiger partial charge in [-0.1, -0.05) is 12.1 Å². The van der Waals surface area contributed by atoms with E-state index in [1.165, 1.54) is 5.56 Å². The van der Waals surface area contributed by atoms with E-state index in [9.17, 15) is 4.79 Å². The van der Waals surface area contributed by atoms with E-state index in [-0.39, 0.29) is 17.9 Å². The molecule has 2 heterocycles. The highest BCUT2D eigenvalue weighted by molar-refractivity contribution is 6.15. The Hall–Kier alpha value is -2.86. The normalized spacial score (nSPS) is 19.9. The first-order chi connectivity index (χ1) is 14.5. The first-order valence-corrected chi connectivity index (χ1v) is 10.4. The summed E-state index contributed by atoms with van der Waals surface area (Å²) in [6.45, 7) is 3.91. The van der Waals surface area contributed by atoms with Crippen LogP contribution in [0.15, 0.2) is 41.4 Å². The SMILES string of the molecule is CCOc1cc2c(cc1OC)C(c1ccc(C(=O)N(C)C)cc1)=N[C@@H]1CCOC[C@H]21. The number of carbonyl (C=O) groups is 1. The van der Waals surface area contributed by atoms with Crippen molar-refractivity contribution >= 4 is 11.6 Å². The fraction of sp³-hybridized carbons (Fsp3) is 0.417. The van der Waals surface area contributed by atoms with Crippen LogP contribution in [0.2, 0.25) is 0 Å². The van der Waals surface area contributed by atoms with Crippen LogP contribution in [0, 0.1) is 0 Å². The van der Waals surface area contributed by atoms with Gasteiger partial charge >= 0.3 is 0 Å². The van der Waals surface area contributed by atoms with E-state index < -0.39 is 0 Å². The molecule has 2 aliphatic rings. The summed E-state index contributed by atoms with van der Waals surface area (Å²) in [6, 6.07) is 11.9. The van der Waals surface area contributed by atoms with E-state index in [0.717, 1.165) is 35.6 Å². The standard InChI is InChI=1S/C24H28N2O4/c1-5-30-22-12-17-18(13-21(22)28-4)23(25-20-10-11-29-14-19(17)20)15-6-8-16(9-7-15)24(27)26(2)3/h6-9,12-13,19-20H,5,10-11,14H2,1-4H3/t19-,20-/m1/s1. The monoisotopic (exact) mass is 408 g/mol. The zero-order chi connectivity index (χ0) is 21.3. The molecule has 1 amide bonds. The molecule has 0 aromatic heterocycles. The van der Waals surface area contributed by atoms with E-state index in [4.69, 9.17) is 19.2 Å². The Morgan fingerprint density at radius 1 is 1.20 bits per heavy atom. The maximum atomic E-state index is 12.3. The summed E-state index contributed by atoms with van der Waals surface area (Å²) < 4.78 is 17.2. The van der Waals surface area contributed by atoms with Crippen LogP contribution in [0.1, 0.15) is 46.3 Å². The number of rotatable bonds is 5. The maximum absolute atomic E-state index is 12.3. The largest absolute Gasteiger partial charge is 0.493 e. The van der Waals surface area contributed by atoms with Crippen molar-refractivity contribution in [1.29, 1.82) is 0 Å².